The van der Waals surface area contributed by atoms with Gasteiger partial charge in [-0.3, -0.25) is 0 Å². The molecule has 2 amide bonds. The molecule has 2 N–H and O–H groups in total. The van der Waals surface area contributed by atoms with Gasteiger partial charge >= 0.3 is 6.03 Å². The average Bonchev–Trinajstić information content (AvgIpc) is 2.62. The Balaban J connectivity index is 1.80. The summed E-state index contributed by atoms with van der Waals surface area (Å²) in [6.07, 6.45) is 0.760. The molecule has 0 radical (unpaired) electrons. The number of halogens is 1. The molecule has 0 aromatic heterocycles. The highest BCUT2D eigenvalue weighted by Crippen LogP contribution is 2.31. The minimum absolute atomic E-state index is 0.124. The van der Waals surface area contributed by atoms with Gasteiger partial charge in [0.15, 0.2) is 0 Å². The second-order valence-electron chi connectivity index (χ2n) is 5.62. The first-order chi connectivity index (χ1) is 11.6. The Morgan fingerprint density at radius 3 is 2.88 bits per heavy atom. The highest BCUT2D eigenvalue weighted by atomic mass is 35.5. The molecule has 0 saturated carbocycles. The number of ether oxygens (including phenoxy) is 1. The first-order valence-corrected chi connectivity index (χ1v) is 8.11. The second-order valence-corrected chi connectivity index (χ2v) is 6.02. The summed E-state index contributed by atoms with van der Waals surface area (Å²) in [5, 5.41) is 13.0. The van der Waals surface area contributed by atoms with Crippen LogP contribution in [0.25, 0.3) is 0 Å². The van der Waals surface area contributed by atoms with Crippen LogP contribution in [0.2, 0.25) is 5.02 Å². The van der Waals surface area contributed by atoms with Crippen LogP contribution in [0.1, 0.15) is 17.2 Å². The van der Waals surface area contributed by atoms with E-state index in [1.807, 2.05) is 24.3 Å². The molecular formula is C18H19ClN2O3. The van der Waals surface area contributed by atoms with E-state index in [9.17, 15) is 9.90 Å². The smallest absolute Gasteiger partial charge is 0.322 e. The van der Waals surface area contributed by atoms with E-state index in [0.29, 0.717) is 23.0 Å². The van der Waals surface area contributed by atoms with E-state index < -0.39 is 0 Å². The second kappa shape index (κ2) is 7.11. The van der Waals surface area contributed by atoms with Crippen LogP contribution in [-0.4, -0.2) is 36.3 Å². The van der Waals surface area contributed by atoms with E-state index in [2.05, 4.69) is 5.32 Å². The molecule has 1 atom stereocenters. The molecule has 1 heterocycles. The summed E-state index contributed by atoms with van der Waals surface area (Å²) in [5.41, 5.74) is 2.67. The number of hydrogen-bond acceptors (Lipinski definition) is 3. The molecule has 3 rings (SSSR count). The number of nitrogens with one attached hydrogen (secondary N) is 1. The molecule has 1 aliphatic rings. The monoisotopic (exact) mass is 346 g/mol. The van der Waals surface area contributed by atoms with E-state index in [4.69, 9.17) is 16.3 Å². The third-order valence-corrected chi connectivity index (χ3v) is 4.58. The molecule has 0 bridgehead atoms. The Morgan fingerprint density at radius 1 is 1.38 bits per heavy atom. The summed E-state index contributed by atoms with van der Waals surface area (Å²) in [7, 11) is 1.56. The minimum Gasteiger partial charge on any atom is -0.497 e. The lowest BCUT2D eigenvalue weighted by molar-refractivity contribution is 0.135. The van der Waals surface area contributed by atoms with Gasteiger partial charge < -0.3 is 20.1 Å². The number of urea groups is 1. The fourth-order valence-electron chi connectivity index (χ4n) is 3.00. The van der Waals surface area contributed by atoms with Gasteiger partial charge in [0, 0.05) is 12.6 Å². The van der Waals surface area contributed by atoms with Crippen LogP contribution >= 0.6 is 11.6 Å². The van der Waals surface area contributed by atoms with Crippen LogP contribution in [0, 0.1) is 0 Å². The maximum absolute atomic E-state index is 12.7. The van der Waals surface area contributed by atoms with Crippen molar-refractivity contribution in [1.82, 2.24) is 4.90 Å². The van der Waals surface area contributed by atoms with E-state index in [-0.39, 0.29) is 18.7 Å². The molecule has 0 fully saturated rings. The van der Waals surface area contributed by atoms with Crippen LogP contribution in [0.3, 0.4) is 0 Å². The molecule has 0 aliphatic carbocycles. The van der Waals surface area contributed by atoms with Crippen molar-refractivity contribution in [1.29, 1.82) is 0 Å². The van der Waals surface area contributed by atoms with Crippen molar-refractivity contribution < 1.29 is 14.6 Å². The van der Waals surface area contributed by atoms with Gasteiger partial charge in [-0.05, 0) is 29.7 Å². The van der Waals surface area contributed by atoms with Gasteiger partial charge in [0.25, 0.3) is 0 Å². The van der Waals surface area contributed by atoms with Crippen molar-refractivity contribution >= 4 is 23.3 Å². The first kappa shape index (κ1) is 16.6. The third kappa shape index (κ3) is 3.18. The number of benzene rings is 2. The summed E-state index contributed by atoms with van der Waals surface area (Å²) >= 11 is 6.18. The van der Waals surface area contributed by atoms with Crippen molar-refractivity contribution in [3.63, 3.8) is 0 Å². The van der Waals surface area contributed by atoms with Crippen molar-refractivity contribution in [2.75, 3.05) is 25.6 Å². The van der Waals surface area contributed by atoms with Crippen molar-refractivity contribution in [2.45, 2.75) is 12.5 Å². The van der Waals surface area contributed by atoms with Crippen LogP contribution in [0.4, 0.5) is 10.5 Å². The lowest BCUT2D eigenvalue weighted by Crippen LogP contribution is -2.43. The quantitative estimate of drug-likeness (QED) is 0.894. The predicted molar refractivity (Wildman–Crippen MR) is 93.7 cm³/mol. The van der Waals surface area contributed by atoms with E-state index >= 15 is 0 Å². The molecule has 2 aromatic rings. The zero-order valence-electron chi connectivity index (χ0n) is 13.3. The lowest BCUT2D eigenvalue weighted by atomic mass is 9.93. The maximum Gasteiger partial charge on any atom is 0.322 e. The van der Waals surface area contributed by atoms with Gasteiger partial charge in [0.1, 0.15) is 5.75 Å². The Hall–Kier alpha value is -2.24. The van der Waals surface area contributed by atoms with Gasteiger partial charge in [-0.25, -0.2) is 4.79 Å². The van der Waals surface area contributed by atoms with Crippen molar-refractivity contribution in [2.24, 2.45) is 0 Å². The highest BCUT2D eigenvalue weighted by molar-refractivity contribution is 6.33. The number of aliphatic hydroxyl groups excluding tert-OH is 1. The molecule has 0 spiro atoms. The number of aliphatic hydroxyl groups is 1. The molecule has 126 valence electrons. The first-order valence-electron chi connectivity index (χ1n) is 7.74. The Bertz CT molecular complexity index is 751. The largest absolute Gasteiger partial charge is 0.497 e. The maximum atomic E-state index is 12.7. The fourth-order valence-corrected chi connectivity index (χ4v) is 3.22. The van der Waals surface area contributed by atoms with Crippen molar-refractivity contribution in [3.8, 4) is 5.75 Å². The lowest BCUT2D eigenvalue weighted by Gasteiger charge is -2.36. The number of anilines is 1. The predicted octanol–water partition coefficient (Wildman–Crippen LogP) is 3.47. The number of rotatable bonds is 3. The van der Waals surface area contributed by atoms with Crippen LogP contribution < -0.4 is 10.1 Å². The number of fused-ring (bicyclic) bond motifs is 1. The molecular weight excluding hydrogens is 328 g/mol. The number of methoxy groups -OCH3 is 1. The number of hydrogen-bond donors (Lipinski definition) is 2. The topological polar surface area (TPSA) is 61.8 Å². The summed E-state index contributed by atoms with van der Waals surface area (Å²) in [6.45, 7) is 0.419. The van der Waals surface area contributed by atoms with E-state index in [1.165, 1.54) is 5.56 Å². The van der Waals surface area contributed by atoms with E-state index in [0.717, 1.165) is 12.0 Å². The van der Waals surface area contributed by atoms with Crippen molar-refractivity contribution in [3.05, 3.63) is 58.6 Å². The normalized spacial score (nSPS) is 16.5. The minimum atomic E-state index is -0.355. The van der Waals surface area contributed by atoms with Crippen LogP contribution in [0.5, 0.6) is 5.75 Å². The van der Waals surface area contributed by atoms with Crippen LogP contribution in [-0.2, 0) is 6.42 Å². The van der Waals surface area contributed by atoms with Gasteiger partial charge in [-0.15, -0.1) is 0 Å². The number of carbonyl (C=O) groups is 1. The van der Waals surface area contributed by atoms with Crippen LogP contribution in [0.15, 0.2) is 42.5 Å². The van der Waals surface area contributed by atoms with Gasteiger partial charge in [0.2, 0.25) is 0 Å². The standard InChI is InChI=1S/C18H19ClN2O3/c1-24-13-6-7-16(15(19)10-13)20-18(23)21-9-8-12-4-2-3-5-14(12)17(21)11-22/h2-7,10,17,22H,8-9,11H2,1H3,(H,20,23). The molecule has 5 nitrogen and oxygen atoms in total. The summed E-state index contributed by atoms with van der Waals surface area (Å²) in [6, 6.07) is 12.3. The van der Waals surface area contributed by atoms with Gasteiger partial charge in [-0.2, -0.15) is 0 Å². The third-order valence-electron chi connectivity index (χ3n) is 4.26. The Morgan fingerprint density at radius 2 is 2.17 bits per heavy atom. The summed E-state index contributed by atoms with van der Waals surface area (Å²) in [4.78, 5) is 14.3. The molecule has 1 unspecified atom stereocenters. The molecule has 24 heavy (non-hydrogen) atoms. The molecule has 1 aliphatic heterocycles. The summed E-state index contributed by atoms with van der Waals surface area (Å²) in [5.74, 6) is 0.623. The zero-order valence-corrected chi connectivity index (χ0v) is 14.1. The van der Waals surface area contributed by atoms with Gasteiger partial charge in [0.05, 0.1) is 30.5 Å². The Labute approximate surface area is 145 Å². The summed E-state index contributed by atoms with van der Waals surface area (Å²) < 4.78 is 5.10. The van der Waals surface area contributed by atoms with E-state index in [1.54, 1.807) is 30.2 Å². The highest BCUT2D eigenvalue weighted by Gasteiger charge is 2.30. The molecule has 0 saturated heterocycles. The number of nitrogens with zero attached hydrogens (tertiary/aromatic N) is 1. The average molecular weight is 347 g/mol. The number of amides is 2. The zero-order chi connectivity index (χ0) is 17.1. The number of carbonyl (C=O) groups excluding carboxylic acids is 1. The Kier molecular flexibility index (Phi) is 4.92. The van der Waals surface area contributed by atoms with Gasteiger partial charge in [-0.1, -0.05) is 35.9 Å². The SMILES string of the molecule is COc1ccc(NC(=O)N2CCc3ccccc3C2CO)c(Cl)c1. The molecule has 2 aromatic carbocycles. The molecule has 6 heteroatoms. The fraction of sp³-hybridized carbons (Fsp3) is 0.278.